The van der Waals surface area contributed by atoms with Gasteiger partial charge >= 0.3 is 0 Å². The van der Waals surface area contributed by atoms with Crippen LogP contribution in [-0.2, 0) is 6.54 Å². The quantitative estimate of drug-likeness (QED) is 0.652. The van der Waals surface area contributed by atoms with Crippen molar-refractivity contribution < 1.29 is 0 Å². The molecule has 0 unspecified atom stereocenters. The number of nitrogens with one attached hydrogen (secondary N) is 1. The number of unbranched alkanes of at least 4 members (excludes halogenated alkanes) is 2. The Bertz CT molecular complexity index is 250. The van der Waals surface area contributed by atoms with Crippen molar-refractivity contribution >= 4 is 0 Å². The number of rotatable bonds is 4. The largest absolute Gasteiger partial charge is 0.284 e. The third-order valence-electron chi connectivity index (χ3n) is 1.53. The SMILES string of the molecule is CCCCCn1ncc(=O)[nH]1. The van der Waals surface area contributed by atoms with E-state index in [1.165, 1.54) is 19.0 Å². The second-order valence-corrected chi connectivity index (χ2v) is 2.55. The van der Waals surface area contributed by atoms with Crippen molar-refractivity contribution in [1.29, 1.82) is 0 Å². The summed E-state index contributed by atoms with van der Waals surface area (Å²) in [6.45, 7) is 2.96. The van der Waals surface area contributed by atoms with Crippen molar-refractivity contribution in [2.45, 2.75) is 32.7 Å². The molecule has 0 radical (unpaired) electrons. The molecule has 4 nitrogen and oxygen atoms in total. The minimum atomic E-state index is -0.124. The molecule has 4 heteroatoms. The molecule has 1 rings (SSSR count). The summed E-state index contributed by atoms with van der Waals surface area (Å²) in [7, 11) is 0. The monoisotopic (exact) mass is 155 g/mol. The topological polar surface area (TPSA) is 50.7 Å². The van der Waals surface area contributed by atoms with Gasteiger partial charge < -0.3 is 0 Å². The fourth-order valence-corrected chi connectivity index (χ4v) is 0.932. The van der Waals surface area contributed by atoms with Gasteiger partial charge in [0.2, 0.25) is 0 Å². The molecular formula is C7H13N3O. The van der Waals surface area contributed by atoms with Gasteiger partial charge in [-0.3, -0.25) is 4.79 Å². The Morgan fingerprint density at radius 1 is 1.64 bits per heavy atom. The summed E-state index contributed by atoms with van der Waals surface area (Å²) in [6.07, 6.45) is 4.74. The molecule has 0 aliphatic rings. The van der Waals surface area contributed by atoms with Crippen LogP contribution >= 0.6 is 0 Å². The van der Waals surface area contributed by atoms with Crippen molar-refractivity contribution in [2.75, 3.05) is 0 Å². The number of hydrogen-bond donors (Lipinski definition) is 1. The van der Waals surface area contributed by atoms with Crippen molar-refractivity contribution in [3.63, 3.8) is 0 Å². The highest BCUT2D eigenvalue weighted by Gasteiger charge is 1.91. The fraction of sp³-hybridized carbons (Fsp3) is 0.714. The number of hydrogen-bond acceptors (Lipinski definition) is 2. The summed E-state index contributed by atoms with van der Waals surface area (Å²) in [5.41, 5.74) is -0.124. The van der Waals surface area contributed by atoms with E-state index in [1.807, 2.05) is 0 Å². The molecule has 62 valence electrons. The molecule has 0 amide bonds. The first-order valence-electron chi connectivity index (χ1n) is 3.95. The first kappa shape index (κ1) is 8.04. The van der Waals surface area contributed by atoms with Gasteiger partial charge in [-0.15, -0.1) is 0 Å². The number of aromatic nitrogens is 3. The predicted octanol–water partition coefficient (Wildman–Crippen LogP) is 0.762. The van der Waals surface area contributed by atoms with Crippen molar-refractivity contribution in [3.05, 3.63) is 16.6 Å². The lowest BCUT2D eigenvalue weighted by Gasteiger charge is -1.97. The first-order valence-corrected chi connectivity index (χ1v) is 3.95. The van der Waals surface area contributed by atoms with E-state index in [-0.39, 0.29) is 5.56 Å². The number of aryl methyl sites for hydroxylation is 1. The molecule has 1 heterocycles. The van der Waals surface area contributed by atoms with Crippen LogP contribution in [0.2, 0.25) is 0 Å². The lowest BCUT2D eigenvalue weighted by molar-refractivity contribution is 0.494. The number of aromatic amines is 1. The Balaban J connectivity index is 2.33. The molecule has 0 bridgehead atoms. The Morgan fingerprint density at radius 2 is 2.45 bits per heavy atom. The summed E-state index contributed by atoms with van der Waals surface area (Å²) < 4.78 is 0. The molecule has 0 aromatic carbocycles. The van der Waals surface area contributed by atoms with Crippen LogP contribution in [-0.4, -0.2) is 15.0 Å². The highest BCUT2D eigenvalue weighted by atomic mass is 16.1. The lowest BCUT2D eigenvalue weighted by Crippen LogP contribution is -2.06. The van der Waals surface area contributed by atoms with Gasteiger partial charge in [-0.05, 0) is 6.42 Å². The molecule has 0 spiro atoms. The maximum absolute atomic E-state index is 10.6. The zero-order chi connectivity index (χ0) is 8.10. The summed E-state index contributed by atoms with van der Waals surface area (Å²) in [5, 5.41) is 6.42. The van der Waals surface area contributed by atoms with E-state index < -0.39 is 0 Å². The molecule has 1 N–H and O–H groups in total. The van der Waals surface area contributed by atoms with Gasteiger partial charge in [-0.2, -0.15) is 5.10 Å². The van der Waals surface area contributed by atoms with Crippen LogP contribution in [0.15, 0.2) is 11.0 Å². The standard InChI is InChI=1S/C7H13N3O/c1-2-3-4-5-10-8-6-7(11)9-10/h6H,2-5H2,1H3,(H,9,11). The highest BCUT2D eigenvalue weighted by Crippen LogP contribution is 1.94. The lowest BCUT2D eigenvalue weighted by atomic mass is 10.2. The molecule has 0 saturated carbocycles. The number of nitrogens with zero attached hydrogens (tertiary/aromatic N) is 2. The molecule has 11 heavy (non-hydrogen) atoms. The maximum atomic E-state index is 10.6. The summed E-state index contributed by atoms with van der Waals surface area (Å²) in [6, 6.07) is 0. The van der Waals surface area contributed by atoms with Gasteiger partial charge in [-0.1, -0.05) is 19.8 Å². The van der Waals surface area contributed by atoms with E-state index in [9.17, 15) is 4.79 Å². The second-order valence-electron chi connectivity index (χ2n) is 2.55. The van der Waals surface area contributed by atoms with Crippen molar-refractivity contribution in [2.24, 2.45) is 0 Å². The third-order valence-corrected chi connectivity index (χ3v) is 1.53. The van der Waals surface area contributed by atoms with Gasteiger partial charge in [0.05, 0.1) is 6.54 Å². The second kappa shape index (κ2) is 3.95. The van der Waals surface area contributed by atoms with Crippen LogP contribution in [0.1, 0.15) is 26.2 Å². The van der Waals surface area contributed by atoms with Crippen LogP contribution in [0, 0.1) is 0 Å². The molecule has 0 aliphatic heterocycles. The molecule has 0 aliphatic carbocycles. The van der Waals surface area contributed by atoms with Crippen LogP contribution < -0.4 is 5.56 Å². The maximum Gasteiger partial charge on any atom is 0.284 e. The van der Waals surface area contributed by atoms with Crippen LogP contribution in [0.3, 0.4) is 0 Å². The Kier molecular flexibility index (Phi) is 2.89. The average Bonchev–Trinajstić information content (AvgIpc) is 2.37. The van der Waals surface area contributed by atoms with E-state index in [2.05, 4.69) is 17.1 Å². The molecule has 0 saturated heterocycles. The van der Waals surface area contributed by atoms with E-state index in [1.54, 1.807) is 4.80 Å². The van der Waals surface area contributed by atoms with Gasteiger partial charge in [0.25, 0.3) is 5.56 Å². The Morgan fingerprint density at radius 3 is 3.00 bits per heavy atom. The molecular weight excluding hydrogens is 142 g/mol. The molecule has 0 fully saturated rings. The summed E-state index contributed by atoms with van der Waals surface area (Å²) in [4.78, 5) is 12.2. The normalized spacial score (nSPS) is 10.3. The fourth-order valence-electron chi connectivity index (χ4n) is 0.932. The van der Waals surface area contributed by atoms with Crippen molar-refractivity contribution in [1.82, 2.24) is 15.0 Å². The third kappa shape index (κ3) is 2.57. The zero-order valence-electron chi connectivity index (χ0n) is 6.71. The number of H-pyrrole nitrogens is 1. The molecule has 0 atom stereocenters. The van der Waals surface area contributed by atoms with Gasteiger partial charge in [-0.25, -0.2) is 9.90 Å². The molecule has 1 aromatic rings. The zero-order valence-corrected chi connectivity index (χ0v) is 6.71. The minimum Gasteiger partial charge on any atom is -0.266 e. The van der Waals surface area contributed by atoms with Gasteiger partial charge in [0.15, 0.2) is 0 Å². The smallest absolute Gasteiger partial charge is 0.266 e. The van der Waals surface area contributed by atoms with E-state index >= 15 is 0 Å². The first-order chi connectivity index (χ1) is 5.33. The summed E-state index contributed by atoms with van der Waals surface area (Å²) in [5.74, 6) is 0. The van der Waals surface area contributed by atoms with Crippen LogP contribution in [0.5, 0.6) is 0 Å². The van der Waals surface area contributed by atoms with E-state index in [0.717, 1.165) is 13.0 Å². The van der Waals surface area contributed by atoms with Gasteiger partial charge in [0.1, 0.15) is 6.20 Å². The van der Waals surface area contributed by atoms with E-state index in [0.29, 0.717) is 0 Å². The Labute approximate surface area is 65.2 Å². The van der Waals surface area contributed by atoms with Crippen molar-refractivity contribution in [3.8, 4) is 0 Å². The highest BCUT2D eigenvalue weighted by molar-refractivity contribution is 4.63. The predicted molar refractivity (Wildman–Crippen MR) is 42.4 cm³/mol. The Hall–Kier alpha value is -1.06. The minimum absolute atomic E-state index is 0.124. The molecule has 1 aromatic heterocycles. The van der Waals surface area contributed by atoms with Crippen LogP contribution in [0.25, 0.3) is 0 Å². The average molecular weight is 155 g/mol. The summed E-state index contributed by atoms with van der Waals surface area (Å²) >= 11 is 0. The van der Waals surface area contributed by atoms with Crippen LogP contribution in [0.4, 0.5) is 0 Å². The van der Waals surface area contributed by atoms with E-state index in [4.69, 9.17) is 0 Å². The van der Waals surface area contributed by atoms with Gasteiger partial charge in [0, 0.05) is 0 Å².